The fourth-order valence-electron chi connectivity index (χ4n) is 8.46. The van der Waals surface area contributed by atoms with Crippen LogP contribution in [0.3, 0.4) is 0 Å². The van der Waals surface area contributed by atoms with Gasteiger partial charge in [0.15, 0.2) is 0 Å². The van der Waals surface area contributed by atoms with Crippen LogP contribution in [0.4, 0.5) is 4.39 Å². The molecule has 4 aliphatic carbocycles. The predicted molar refractivity (Wildman–Crippen MR) is 124 cm³/mol. The lowest BCUT2D eigenvalue weighted by Crippen LogP contribution is -2.54. The van der Waals surface area contributed by atoms with E-state index < -0.39 is 20.9 Å². The molecule has 0 saturated heterocycles. The monoisotopic (exact) mass is 460 g/mol. The van der Waals surface area contributed by atoms with Gasteiger partial charge in [-0.3, -0.25) is 0 Å². The van der Waals surface area contributed by atoms with Gasteiger partial charge in [0.1, 0.15) is 5.60 Å². The molecule has 1 N–H and O–H groups in total. The fourth-order valence-corrected chi connectivity index (χ4v) is 10.0. The van der Waals surface area contributed by atoms with E-state index in [1.807, 2.05) is 0 Å². The van der Waals surface area contributed by atoms with Crippen molar-refractivity contribution in [1.82, 2.24) is 0 Å². The third-order valence-electron chi connectivity index (χ3n) is 10.0. The molecule has 0 spiro atoms. The molecule has 5 rings (SSSR count). The summed E-state index contributed by atoms with van der Waals surface area (Å²) in [6.07, 6.45) is 10.7. The van der Waals surface area contributed by atoms with Crippen LogP contribution in [0.5, 0.6) is 0 Å². The van der Waals surface area contributed by atoms with Crippen molar-refractivity contribution in [3.8, 4) is 0 Å². The van der Waals surface area contributed by atoms with Crippen molar-refractivity contribution in [2.24, 2.45) is 35.0 Å². The second-order valence-electron chi connectivity index (χ2n) is 11.3. The maximum Gasteiger partial charge on any atom is 0.233 e. The Kier molecular flexibility index (Phi) is 5.60. The number of rotatable bonds is 3. The molecule has 0 bridgehead atoms. The molecule has 0 radical (unpaired) electrons. The van der Waals surface area contributed by atoms with Gasteiger partial charge in [-0.25, -0.2) is 12.8 Å². The number of aliphatic hydroxyl groups is 1. The molecule has 4 aliphatic rings. The first kappa shape index (κ1) is 22.6. The summed E-state index contributed by atoms with van der Waals surface area (Å²) in [6, 6.07) is 7.74. The van der Waals surface area contributed by atoms with Gasteiger partial charge in [-0.1, -0.05) is 36.8 Å². The molecule has 3 nitrogen and oxygen atoms in total. The maximum absolute atomic E-state index is 15.5. The highest BCUT2D eigenvalue weighted by Crippen LogP contribution is 2.64. The first-order chi connectivity index (χ1) is 15.2. The summed E-state index contributed by atoms with van der Waals surface area (Å²) in [5, 5.41) is 11.3. The molecule has 1 unspecified atom stereocenters. The van der Waals surface area contributed by atoms with Crippen molar-refractivity contribution in [2.45, 2.75) is 87.6 Å². The zero-order chi connectivity index (χ0) is 22.7. The molecule has 0 amide bonds. The Labute approximate surface area is 192 Å². The molecule has 8 atom stereocenters. The Balaban J connectivity index is 1.34. The normalized spacial score (nSPS) is 43.9. The second-order valence-corrected chi connectivity index (χ2v) is 13.2. The van der Waals surface area contributed by atoms with Crippen molar-refractivity contribution in [3.05, 3.63) is 42.0 Å². The molecule has 5 heteroatoms. The third kappa shape index (κ3) is 3.33. The molecule has 0 aromatic heterocycles. The van der Waals surface area contributed by atoms with Crippen LogP contribution in [0.2, 0.25) is 0 Å². The van der Waals surface area contributed by atoms with Crippen molar-refractivity contribution < 1.29 is 17.9 Å². The van der Waals surface area contributed by atoms with Crippen LogP contribution in [0.25, 0.3) is 0 Å². The highest BCUT2D eigenvalue weighted by atomic mass is 32.2. The minimum Gasteiger partial charge on any atom is -0.386 e. The first-order valence-electron chi connectivity index (χ1n) is 12.5. The topological polar surface area (TPSA) is 54.4 Å². The van der Waals surface area contributed by atoms with E-state index in [1.165, 1.54) is 37.8 Å². The predicted octanol–water partition coefficient (Wildman–Crippen LogP) is 6.09. The molecule has 4 saturated carbocycles. The fraction of sp³-hybridized carbons (Fsp3) is 0.704. The minimum absolute atomic E-state index is 0.0423. The van der Waals surface area contributed by atoms with Crippen LogP contribution in [0, 0.1) is 35.0 Å². The van der Waals surface area contributed by atoms with Crippen LogP contribution in [0.1, 0.15) is 71.6 Å². The molecule has 1 aromatic rings. The van der Waals surface area contributed by atoms with E-state index in [0.29, 0.717) is 17.3 Å². The SMILES string of the molecule is CC=C1CC[C@H]2[C@@H]3CC[C@H]4C[C@](O)(C(F)S(=O)(=O)c5ccccc5)CC[C@@H]4[C@H]3CC[C@]12C. The van der Waals surface area contributed by atoms with Crippen LogP contribution in [-0.4, -0.2) is 24.6 Å². The first-order valence-corrected chi connectivity index (χ1v) is 14.1. The lowest BCUT2D eigenvalue weighted by atomic mass is 9.49. The quantitative estimate of drug-likeness (QED) is 0.556. The summed E-state index contributed by atoms with van der Waals surface area (Å²) in [4.78, 5) is -0.0423. The van der Waals surface area contributed by atoms with E-state index in [4.69, 9.17) is 0 Å². The number of fused-ring (bicyclic) bond motifs is 5. The molecular weight excluding hydrogens is 423 g/mol. The van der Waals surface area contributed by atoms with Gasteiger partial charge < -0.3 is 5.11 Å². The van der Waals surface area contributed by atoms with Crippen molar-refractivity contribution in [1.29, 1.82) is 0 Å². The Morgan fingerprint density at radius 1 is 1.03 bits per heavy atom. The van der Waals surface area contributed by atoms with E-state index in [-0.39, 0.29) is 23.7 Å². The summed E-state index contributed by atoms with van der Waals surface area (Å²) in [6.45, 7) is 4.66. The molecule has 4 fully saturated rings. The summed E-state index contributed by atoms with van der Waals surface area (Å²) >= 11 is 0. The molecule has 0 heterocycles. The summed E-state index contributed by atoms with van der Waals surface area (Å²) in [5.41, 5.74) is -2.05. The Morgan fingerprint density at radius 3 is 2.47 bits per heavy atom. The third-order valence-corrected chi connectivity index (χ3v) is 11.9. The summed E-state index contributed by atoms with van der Waals surface area (Å²) in [5.74, 6) is 2.86. The Morgan fingerprint density at radius 2 is 1.75 bits per heavy atom. The van der Waals surface area contributed by atoms with Gasteiger partial charge in [-0.15, -0.1) is 0 Å². The second kappa shape index (κ2) is 7.94. The van der Waals surface area contributed by atoms with Gasteiger partial charge in [-0.2, -0.15) is 0 Å². The van der Waals surface area contributed by atoms with Crippen LogP contribution in [-0.2, 0) is 9.84 Å². The van der Waals surface area contributed by atoms with Crippen molar-refractivity contribution in [3.63, 3.8) is 0 Å². The van der Waals surface area contributed by atoms with E-state index in [2.05, 4.69) is 19.9 Å². The molecular formula is C27H37FO3S. The smallest absolute Gasteiger partial charge is 0.233 e. The number of benzene rings is 1. The number of sulfone groups is 1. The van der Waals surface area contributed by atoms with E-state index in [1.54, 1.807) is 23.8 Å². The molecule has 32 heavy (non-hydrogen) atoms. The highest BCUT2D eigenvalue weighted by Gasteiger charge is 2.58. The summed E-state index contributed by atoms with van der Waals surface area (Å²) < 4.78 is 41.3. The zero-order valence-electron chi connectivity index (χ0n) is 19.3. The van der Waals surface area contributed by atoms with Gasteiger partial charge >= 0.3 is 0 Å². The van der Waals surface area contributed by atoms with Crippen LogP contribution < -0.4 is 0 Å². The van der Waals surface area contributed by atoms with Crippen molar-refractivity contribution in [2.75, 3.05) is 0 Å². The van der Waals surface area contributed by atoms with Gasteiger partial charge in [0.05, 0.1) is 4.90 Å². The highest BCUT2D eigenvalue weighted by molar-refractivity contribution is 7.92. The molecule has 176 valence electrons. The average molecular weight is 461 g/mol. The van der Waals surface area contributed by atoms with Gasteiger partial charge in [0.25, 0.3) is 0 Å². The average Bonchev–Trinajstić information content (AvgIpc) is 3.15. The molecule has 0 aliphatic heterocycles. The lowest BCUT2D eigenvalue weighted by Gasteiger charge is -2.56. The van der Waals surface area contributed by atoms with Crippen molar-refractivity contribution >= 4 is 9.84 Å². The van der Waals surface area contributed by atoms with E-state index >= 15 is 4.39 Å². The standard InChI is InChI=1S/C27H37FO3S/c1-3-19-10-12-24-23-11-9-18-17-27(29,16-14-21(18)22(23)13-15-26(19,24)2)25(28)32(30,31)20-7-5-4-6-8-20/h3-8,18,21-25,29H,9-17H2,1-2H3/t18-,21-,22+,23+,24-,25?,26+,27-/m0/s1. The number of allylic oxidation sites excluding steroid dienone is 2. The molecule has 1 aromatic carbocycles. The van der Waals surface area contributed by atoms with Crippen LogP contribution >= 0.6 is 0 Å². The Hall–Kier alpha value is -1.20. The minimum atomic E-state index is -4.21. The number of halogens is 1. The van der Waals surface area contributed by atoms with Crippen LogP contribution in [0.15, 0.2) is 46.9 Å². The summed E-state index contributed by atoms with van der Waals surface area (Å²) in [7, 11) is -4.21. The van der Waals surface area contributed by atoms with Gasteiger partial charge in [0, 0.05) is 0 Å². The number of alkyl halides is 1. The lowest BCUT2D eigenvalue weighted by molar-refractivity contribution is -0.111. The Bertz CT molecular complexity index is 989. The van der Waals surface area contributed by atoms with Gasteiger partial charge in [-0.05, 0) is 112 Å². The maximum atomic E-state index is 15.5. The van der Waals surface area contributed by atoms with Gasteiger partial charge in [0.2, 0.25) is 15.3 Å². The van der Waals surface area contributed by atoms with E-state index in [0.717, 1.165) is 31.1 Å². The number of hydrogen-bond acceptors (Lipinski definition) is 3. The zero-order valence-corrected chi connectivity index (χ0v) is 20.2. The largest absolute Gasteiger partial charge is 0.386 e. The van der Waals surface area contributed by atoms with E-state index in [9.17, 15) is 13.5 Å². The number of hydrogen-bond donors (Lipinski definition) is 1.